The molecule has 0 radical (unpaired) electrons. The van der Waals surface area contributed by atoms with Crippen LogP contribution in [0.1, 0.15) is 36.2 Å². The summed E-state index contributed by atoms with van der Waals surface area (Å²) >= 11 is 3.23. The van der Waals surface area contributed by atoms with Gasteiger partial charge in [0.25, 0.3) is 5.91 Å². The van der Waals surface area contributed by atoms with Crippen LogP contribution in [0.3, 0.4) is 0 Å². The van der Waals surface area contributed by atoms with Gasteiger partial charge in [-0.25, -0.2) is 0 Å². The van der Waals surface area contributed by atoms with E-state index >= 15 is 0 Å². The Hall–Kier alpha value is -0.520. The fraction of sp³-hybridized carbons (Fsp3) is 0.643. The number of rotatable bonds is 4. The molecule has 3 rings (SSSR count). The van der Waals surface area contributed by atoms with Crippen molar-refractivity contribution in [2.75, 3.05) is 19.6 Å². The molecule has 0 aromatic carbocycles. The number of halogens is 2. The number of hydrogen-bond acceptors (Lipinski definition) is 3. The molecule has 0 bridgehead atoms. The average Bonchev–Trinajstić information content (AvgIpc) is 3.17. The first kappa shape index (κ1) is 15.9. The second-order valence-electron chi connectivity index (χ2n) is 5.52. The van der Waals surface area contributed by atoms with Crippen molar-refractivity contribution in [3.8, 4) is 0 Å². The van der Waals surface area contributed by atoms with Gasteiger partial charge in [-0.2, -0.15) is 0 Å². The van der Waals surface area contributed by atoms with Crippen LogP contribution in [-0.2, 0) is 0 Å². The van der Waals surface area contributed by atoms with Crippen molar-refractivity contribution in [1.29, 1.82) is 0 Å². The number of likely N-dealkylation sites (tertiary alicyclic amines) is 1. The molecule has 112 valence electrons. The van der Waals surface area contributed by atoms with Crippen LogP contribution in [0, 0.1) is 5.92 Å². The molecule has 1 aromatic rings. The first-order valence-electron chi connectivity index (χ1n) is 7.00. The smallest absolute Gasteiger partial charge is 0.289 e. The molecule has 6 heteroatoms. The van der Waals surface area contributed by atoms with Gasteiger partial charge in [-0.3, -0.25) is 4.79 Å². The molecule has 1 aromatic heterocycles. The number of hydrogen-bond donors (Lipinski definition) is 1. The monoisotopic (exact) mass is 362 g/mol. The van der Waals surface area contributed by atoms with E-state index in [-0.39, 0.29) is 18.3 Å². The molecule has 1 aliphatic heterocycles. The molecular formula is C14H20BrClN2O2. The first-order valence-corrected chi connectivity index (χ1v) is 7.79. The summed E-state index contributed by atoms with van der Waals surface area (Å²) in [6.45, 7) is 2.79. The van der Waals surface area contributed by atoms with Crippen LogP contribution < -0.4 is 5.32 Å². The normalized spacial score (nSPS) is 19.8. The van der Waals surface area contributed by atoms with E-state index < -0.39 is 0 Å². The van der Waals surface area contributed by atoms with Crippen LogP contribution in [0.25, 0.3) is 0 Å². The van der Waals surface area contributed by atoms with Gasteiger partial charge < -0.3 is 14.6 Å². The molecule has 1 saturated heterocycles. The van der Waals surface area contributed by atoms with E-state index in [4.69, 9.17) is 4.42 Å². The van der Waals surface area contributed by atoms with E-state index in [1.165, 1.54) is 12.8 Å². The highest BCUT2D eigenvalue weighted by atomic mass is 79.9. The molecule has 0 atom stereocenters. The minimum atomic E-state index is 0. The summed E-state index contributed by atoms with van der Waals surface area (Å²) in [5, 5.41) is 3.62. The van der Waals surface area contributed by atoms with Crippen molar-refractivity contribution >= 4 is 34.2 Å². The third-order valence-corrected chi connectivity index (χ3v) is 4.38. The second-order valence-corrected chi connectivity index (χ2v) is 6.30. The zero-order chi connectivity index (χ0) is 13.2. The van der Waals surface area contributed by atoms with Crippen LogP contribution in [0.2, 0.25) is 0 Å². The van der Waals surface area contributed by atoms with Gasteiger partial charge in [0.15, 0.2) is 10.4 Å². The van der Waals surface area contributed by atoms with Crippen LogP contribution in [0.5, 0.6) is 0 Å². The number of furan rings is 1. The molecule has 4 nitrogen and oxygen atoms in total. The Kier molecular flexibility index (Phi) is 5.52. The SMILES string of the molecule is Cl.O=C(c1ccc(Br)o1)N1CCC(NCC2CC2)CC1. The minimum absolute atomic E-state index is 0. The third kappa shape index (κ3) is 3.99. The highest BCUT2D eigenvalue weighted by Crippen LogP contribution is 2.28. The Balaban J connectivity index is 0.00000147. The Morgan fingerprint density at radius 1 is 1.30 bits per heavy atom. The van der Waals surface area contributed by atoms with E-state index in [9.17, 15) is 4.79 Å². The lowest BCUT2D eigenvalue weighted by Crippen LogP contribution is -2.45. The zero-order valence-corrected chi connectivity index (χ0v) is 13.7. The summed E-state index contributed by atoms with van der Waals surface area (Å²) in [4.78, 5) is 14.1. The quantitative estimate of drug-likeness (QED) is 0.894. The summed E-state index contributed by atoms with van der Waals surface area (Å²) in [6, 6.07) is 4.06. The number of carbonyl (C=O) groups is 1. The van der Waals surface area contributed by atoms with Gasteiger partial charge in [-0.1, -0.05) is 0 Å². The maximum Gasteiger partial charge on any atom is 0.289 e. The van der Waals surface area contributed by atoms with Crippen LogP contribution in [-0.4, -0.2) is 36.5 Å². The van der Waals surface area contributed by atoms with Crippen LogP contribution in [0.4, 0.5) is 0 Å². The first-order chi connectivity index (χ1) is 9.22. The molecule has 2 heterocycles. The van der Waals surface area contributed by atoms with E-state index in [0.29, 0.717) is 16.5 Å². The van der Waals surface area contributed by atoms with Gasteiger partial charge in [0.2, 0.25) is 0 Å². The predicted octanol–water partition coefficient (Wildman–Crippen LogP) is 3.07. The third-order valence-electron chi connectivity index (χ3n) is 3.96. The molecule has 0 spiro atoms. The maximum absolute atomic E-state index is 12.2. The van der Waals surface area contributed by atoms with E-state index in [2.05, 4.69) is 21.2 Å². The van der Waals surface area contributed by atoms with Gasteiger partial charge in [0.05, 0.1) is 0 Å². The molecule has 1 saturated carbocycles. The van der Waals surface area contributed by atoms with Gasteiger partial charge in [-0.05, 0) is 66.2 Å². The van der Waals surface area contributed by atoms with E-state index in [1.54, 1.807) is 12.1 Å². The van der Waals surface area contributed by atoms with E-state index in [0.717, 1.165) is 38.4 Å². The van der Waals surface area contributed by atoms with Crippen molar-refractivity contribution in [2.24, 2.45) is 5.92 Å². The van der Waals surface area contributed by atoms with Crippen molar-refractivity contribution < 1.29 is 9.21 Å². The number of nitrogens with zero attached hydrogens (tertiary/aromatic N) is 1. The number of amides is 1. The highest BCUT2D eigenvalue weighted by Gasteiger charge is 2.27. The maximum atomic E-state index is 12.2. The summed E-state index contributed by atoms with van der Waals surface area (Å²) in [7, 11) is 0. The van der Waals surface area contributed by atoms with Gasteiger partial charge in [-0.15, -0.1) is 12.4 Å². The lowest BCUT2D eigenvalue weighted by molar-refractivity contribution is 0.0671. The number of carbonyl (C=O) groups excluding carboxylic acids is 1. The lowest BCUT2D eigenvalue weighted by Gasteiger charge is -2.32. The fourth-order valence-electron chi connectivity index (χ4n) is 2.53. The van der Waals surface area contributed by atoms with Crippen LogP contribution >= 0.6 is 28.3 Å². The highest BCUT2D eigenvalue weighted by molar-refractivity contribution is 9.10. The summed E-state index contributed by atoms with van der Waals surface area (Å²) < 4.78 is 5.93. The Labute approximate surface area is 133 Å². The number of nitrogens with one attached hydrogen (secondary N) is 1. The topological polar surface area (TPSA) is 45.5 Å². The Morgan fingerprint density at radius 3 is 2.55 bits per heavy atom. The van der Waals surface area contributed by atoms with Crippen molar-refractivity contribution in [2.45, 2.75) is 31.7 Å². The van der Waals surface area contributed by atoms with Crippen molar-refractivity contribution in [3.05, 3.63) is 22.6 Å². The Bertz CT molecular complexity index is 454. The second kappa shape index (κ2) is 6.96. The summed E-state index contributed by atoms with van der Waals surface area (Å²) in [5.41, 5.74) is 0. The molecule has 2 fully saturated rings. The lowest BCUT2D eigenvalue weighted by atomic mass is 10.0. The standard InChI is InChI=1S/C14H19BrN2O2.ClH/c15-13-4-3-12(19-13)14(18)17-7-5-11(6-8-17)16-9-10-1-2-10;/h3-4,10-11,16H,1-2,5-9H2;1H. The molecule has 1 N–H and O–H groups in total. The molecule has 1 amide bonds. The molecular weight excluding hydrogens is 344 g/mol. The molecule has 20 heavy (non-hydrogen) atoms. The zero-order valence-electron chi connectivity index (χ0n) is 11.3. The molecule has 1 aliphatic carbocycles. The van der Waals surface area contributed by atoms with Crippen LogP contribution in [0.15, 0.2) is 21.2 Å². The predicted molar refractivity (Wildman–Crippen MR) is 83.3 cm³/mol. The minimum Gasteiger partial charge on any atom is -0.444 e. The Morgan fingerprint density at radius 2 is 2.00 bits per heavy atom. The van der Waals surface area contributed by atoms with E-state index in [1.807, 2.05) is 4.90 Å². The summed E-state index contributed by atoms with van der Waals surface area (Å²) in [5.74, 6) is 1.35. The summed E-state index contributed by atoms with van der Waals surface area (Å²) in [6.07, 6.45) is 4.86. The van der Waals surface area contributed by atoms with Gasteiger partial charge in [0, 0.05) is 19.1 Å². The average molecular weight is 364 g/mol. The van der Waals surface area contributed by atoms with Crippen molar-refractivity contribution in [3.63, 3.8) is 0 Å². The van der Waals surface area contributed by atoms with Crippen molar-refractivity contribution in [1.82, 2.24) is 10.2 Å². The van der Waals surface area contributed by atoms with Gasteiger partial charge >= 0.3 is 0 Å². The molecule has 2 aliphatic rings. The fourth-order valence-corrected chi connectivity index (χ4v) is 2.83. The number of piperidine rings is 1. The van der Waals surface area contributed by atoms with Gasteiger partial charge in [0.1, 0.15) is 0 Å². The molecule has 0 unspecified atom stereocenters. The largest absolute Gasteiger partial charge is 0.444 e.